The molecule has 0 aliphatic rings. The number of hydrogen-bond acceptors (Lipinski definition) is 6. The van der Waals surface area contributed by atoms with Gasteiger partial charge in [-0.25, -0.2) is 4.98 Å². The molecule has 1 amide bonds. The van der Waals surface area contributed by atoms with Gasteiger partial charge in [0.05, 0.1) is 30.3 Å². The van der Waals surface area contributed by atoms with Crippen LogP contribution in [0.5, 0.6) is 5.75 Å². The van der Waals surface area contributed by atoms with Crippen molar-refractivity contribution in [2.24, 2.45) is 0 Å². The molecule has 0 aliphatic carbocycles. The summed E-state index contributed by atoms with van der Waals surface area (Å²) in [5, 5.41) is 3.08. The van der Waals surface area contributed by atoms with Gasteiger partial charge in [-0.2, -0.15) is 0 Å². The van der Waals surface area contributed by atoms with Crippen LogP contribution >= 0.6 is 23.4 Å². The lowest BCUT2D eigenvalue weighted by Crippen LogP contribution is -2.23. The number of halogens is 1. The number of aromatic amines is 1. The summed E-state index contributed by atoms with van der Waals surface area (Å²) in [7, 11) is 3.02. The van der Waals surface area contributed by atoms with Gasteiger partial charge in [-0.05, 0) is 25.1 Å². The van der Waals surface area contributed by atoms with Crippen molar-refractivity contribution in [3.63, 3.8) is 0 Å². The Hall–Kier alpha value is -2.03. The number of nitrogens with one attached hydrogen (secondary N) is 2. The number of rotatable bonds is 7. The summed E-state index contributed by atoms with van der Waals surface area (Å²) in [5.74, 6) is 0.230. The predicted octanol–water partition coefficient (Wildman–Crippen LogP) is 2.70. The normalized spacial score (nSPS) is 11.8. The van der Waals surface area contributed by atoms with Gasteiger partial charge in [0.1, 0.15) is 5.75 Å². The van der Waals surface area contributed by atoms with Crippen molar-refractivity contribution in [2.75, 3.05) is 19.5 Å². The topological polar surface area (TPSA) is 93.3 Å². The number of hydrogen-bond donors (Lipinski definition) is 2. The Bertz CT molecular complexity index is 812. The molecule has 0 saturated carbocycles. The van der Waals surface area contributed by atoms with Gasteiger partial charge < -0.3 is 19.8 Å². The fraction of sp³-hybridized carbons (Fsp3) is 0.312. The first-order valence-corrected chi connectivity index (χ1v) is 8.59. The van der Waals surface area contributed by atoms with Crippen molar-refractivity contribution in [3.8, 4) is 5.75 Å². The van der Waals surface area contributed by atoms with Crippen molar-refractivity contribution >= 4 is 35.0 Å². The van der Waals surface area contributed by atoms with E-state index < -0.39 is 5.25 Å². The first-order chi connectivity index (χ1) is 11.9. The molecule has 1 aromatic carbocycles. The van der Waals surface area contributed by atoms with Crippen LogP contribution in [0.2, 0.25) is 5.02 Å². The molecule has 7 nitrogen and oxygen atoms in total. The third-order valence-corrected chi connectivity index (χ3v) is 4.36. The zero-order valence-corrected chi connectivity index (χ0v) is 15.5. The Morgan fingerprint density at radius 2 is 2.16 bits per heavy atom. The lowest BCUT2D eigenvalue weighted by atomic mass is 10.3. The van der Waals surface area contributed by atoms with Crippen LogP contribution in [0.25, 0.3) is 0 Å². The first kappa shape index (κ1) is 19.3. The molecule has 2 N–H and O–H groups in total. The van der Waals surface area contributed by atoms with Gasteiger partial charge >= 0.3 is 0 Å². The number of benzene rings is 1. The molecule has 0 radical (unpaired) electrons. The molecule has 2 rings (SSSR count). The fourth-order valence-electron chi connectivity index (χ4n) is 1.99. The number of carbonyl (C=O) groups is 1. The Morgan fingerprint density at radius 3 is 2.84 bits per heavy atom. The van der Waals surface area contributed by atoms with E-state index in [0.29, 0.717) is 27.3 Å². The largest absolute Gasteiger partial charge is 0.495 e. The molecular weight excluding hydrogens is 366 g/mol. The summed E-state index contributed by atoms with van der Waals surface area (Å²) < 4.78 is 10.2. The van der Waals surface area contributed by atoms with Gasteiger partial charge in [-0.15, -0.1) is 0 Å². The van der Waals surface area contributed by atoms with Crippen LogP contribution in [-0.4, -0.2) is 35.3 Å². The van der Waals surface area contributed by atoms with Gasteiger partial charge in [-0.1, -0.05) is 23.4 Å². The maximum atomic E-state index is 12.4. The SMILES string of the molecule is COCc1cc(=O)[nH]c(SC(C)C(=O)Nc2cc(Cl)ccc2OC)n1. The highest BCUT2D eigenvalue weighted by molar-refractivity contribution is 8.00. The van der Waals surface area contributed by atoms with Crippen LogP contribution in [0.3, 0.4) is 0 Å². The van der Waals surface area contributed by atoms with E-state index in [1.807, 2.05) is 0 Å². The van der Waals surface area contributed by atoms with E-state index in [0.717, 1.165) is 11.8 Å². The van der Waals surface area contributed by atoms with E-state index in [-0.39, 0.29) is 18.1 Å². The number of anilines is 1. The Labute approximate surface area is 154 Å². The van der Waals surface area contributed by atoms with E-state index >= 15 is 0 Å². The molecule has 0 fully saturated rings. The standard InChI is InChI=1S/C16H18ClN3O4S/c1-9(25-16-18-11(8-23-2)7-14(21)20-16)15(22)19-12-6-10(17)4-5-13(12)24-3/h4-7,9H,8H2,1-3H3,(H,19,22)(H,18,20,21). The van der Waals surface area contributed by atoms with E-state index in [4.69, 9.17) is 21.1 Å². The summed E-state index contributed by atoms with van der Waals surface area (Å²) in [6, 6.07) is 6.30. The summed E-state index contributed by atoms with van der Waals surface area (Å²) in [6.07, 6.45) is 0. The van der Waals surface area contributed by atoms with Crippen molar-refractivity contribution in [1.82, 2.24) is 9.97 Å². The highest BCUT2D eigenvalue weighted by atomic mass is 35.5. The van der Waals surface area contributed by atoms with Crippen molar-refractivity contribution in [1.29, 1.82) is 0 Å². The Morgan fingerprint density at radius 1 is 1.40 bits per heavy atom. The molecule has 0 saturated heterocycles. The highest BCUT2D eigenvalue weighted by Crippen LogP contribution is 2.29. The minimum absolute atomic E-state index is 0.220. The fourth-order valence-corrected chi connectivity index (χ4v) is 3.00. The van der Waals surface area contributed by atoms with E-state index in [1.54, 1.807) is 25.1 Å². The van der Waals surface area contributed by atoms with Gasteiger partial charge in [0.15, 0.2) is 5.16 Å². The summed E-state index contributed by atoms with van der Waals surface area (Å²) in [4.78, 5) is 30.9. The molecule has 1 aromatic heterocycles. The van der Waals surface area contributed by atoms with Gasteiger partial charge in [0, 0.05) is 18.2 Å². The third kappa shape index (κ3) is 5.48. The zero-order chi connectivity index (χ0) is 18.4. The van der Waals surface area contributed by atoms with E-state index in [2.05, 4.69) is 15.3 Å². The summed E-state index contributed by atoms with van der Waals surface area (Å²) in [6.45, 7) is 1.93. The number of aromatic nitrogens is 2. The molecule has 134 valence electrons. The molecule has 0 aliphatic heterocycles. The number of ether oxygens (including phenoxy) is 2. The van der Waals surface area contributed by atoms with Crippen LogP contribution in [0.15, 0.2) is 34.2 Å². The van der Waals surface area contributed by atoms with Crippen molar-refractivity contribution in [3.05, 3.63) is 45.3 Å². The molecular formula is C16H18ClN3O4S. The van der Waals surface area contributed by atoms with Gasteiger partial charge in [0.25, 0.3) is 5.56 Å². The average Bonchev–Trinajstić information content (AvgIpc) is 2.54. The van der Waals surface area contributed by atoms with Crippen molar-refractivity contribution < 1.29 is 14.3 Å². The number of carbonyl (C=O) groups excluding carboxylic acids is 1. The lowest BCUT2D eigenvalue weighted by molar-refractivity contribution is -0.115. The maximum absolute atomic E-state index is 12.4. The highest BCUT2D eigenvalue weighted by Gasteiger charge is 2.18. The Kier molecular flexibility index (Phi) is 6.86. The molecule has 1 atom stereocenters. The van der Waals surface area contributed by atoms with Crippen LogP contribution in [0, 0.1) is 0 Å². The van der Waals surface area contributed by atoms with Crippen LogP contribution in [-0.2, 0) is 16.1 Å². The number of thioether (sulfide) groups is 1. The van der Waals surface area contributed by atoms with Gasteiger partial charge in [-0.3, -0.25) is 9.59 Å². The molecule has 25 heavy (non-hydrogen) atoms. The van der Waals surface area contributed by atoms with Crippen LogP contribution in [0.1, 0.15) is 12.6 Å². The number of H-pyrrole nitrogens is 1. The van der Waals surface area contributed by atoms with E-state index in [9.17, 15) is 9.59 Å². The average molecular weight is 384 g/mol. The molecule has 0 spiro atoms. The summed E-state index contributed by atoms with van der Waals surface area (Å²) >= 11 is 7.09. The zero-order valence-electron chi connectivity index (χ0n) is 14.0. The second kappa shape index (κ2) is 8.89. The number of amides is 1. The van der Waals surface area contributed by atoms with Crippen LogP contribution < -0.4 is 15.6 Å². The maximum Gasteiger partial charge on any atom is 0.251 e. The molecule has 2 aromatic rings. The predicted molar refractivity (Wildman–Crippen MR) is 97.5 cm³/mol. The summed E-state index contributed by atoms with van der Waals surface area (Å²) in [5.41, 5.74) is 0.675. The molecule has 0 bridgehead atoms. The minimum Gasteiger partial charge on any atom is -0.495 e. The van der Waals surface area contributed by atoms with E-state index in [1.165, 1.54) is 20.3 Å². The molecule has 9 heteroatoms. The quantitative estimate of drug-likeness (QED) is 0.564. The minimum atomic E-state index is -0.510. The first-order valence-electron chi connectivity index (χ1n) is 7.33. The monoisotopic (exact) mass is 383 g/mol. The molecule has 1 heterocycles. The molecule has 1 unspecified atom stereocenters. The lowest BCUT2D eigenvalue weighted by Gasteiger charge is -2.14. The third-order valence-electron chi connectivity index (χ3n) is 3.14. The smallest absolute Gasteiger partial charge is 0.251 e. The number of methoxy groups -OCH3 is 2. The second-order valence-electron chi connectivity index (χ2n) is 5.07. The van der Waals surface area contributed by atoms with Gasteiger partial charge in [0.2, 0.25) is 5.91 Å². The van der Waals surface area contributed by atoms with Crippen LogP contribution in [0.4, 0.5) is 5.69 Å². The second-order valence-corrected chi connectivity index (χ2v) is 6.83. The Balaban J connectivity index is 2.11. The number of nitrogens with zero attached hydrogens (tertiary/aromatic N) is 1. The van der Waals surface area contributed by atoms with Crippen molar-refractivity contribution in [2.45, 2.75) is 23.9 Å².